The summed E-state index contributed by atoms with van der Waals surface area (Å²) in [5.41, 5.74) is 0.924. The Bertz CT molecular complexity index is 720. The number of anilines is 1. The van der Waals surface area contributed by atoms with Crippen LogP contribution in [0.4, 0.5) is 5.13 Å². The highest BCUT2D eigenvalue weighted by molar-refractivity contribution is 7.10. The van der Waals surface area contributed by atoms with Gasteiger partial charge in [0.05, 0.1) is 13.2 Å². The van der Waals surface area contributed by atoms with Crippen LogP contribution in [-0.2, 0) is 0 Å². The molecule has 0 fully saturated rings. The van der Waals surface area contributed by atoms with Crippen LogP contribution in [-0.4, -0.2) is 27.5 Å². The van der Waals surface area contributed by atoms with Crippen molar-refractivity contribution < 1.29 is 14.1 Å². The van der Waals surface area contributed by atoms with Gasteiger partial charge >= 0.3 is 0 Å². The molecule has 0 bridgehead atoms. The predicted molar refractivity (Wildman–Crippen MR) is 74.2 cm³/mol. The van der Waals surface area contributed by atoms with Gasteiger partial charge in [0.1, 0.15) is 0 Å². The SMILES string of the molecule is COc1cc(C(=O)Nc2nc(-c3ccsc3)ns2)on1. The van der Waals surface area contributed by atoms with E-state index in [1.54, 1.807) is 11.3 Å². The molecule has 0 unspecified atom stereocenters. The van der Waals surface area contributed by atoms with Crippen LogP contribution in [0.5, 0.6) is 5.88 Å². The van der Waals surface area contributed by atoms with Crippen molar-refractivity contribution in [3.8, 4) is 17.3 Å². The van der Waals surface area contributed by atoms with Crippen LogP contribution in [0.2, 0.25) is 0 Å². The normalized spacial score (nSPS) is 10.4. The summed E-state index contributed by atoms with van der Waals surface area (Å²) in [4.78, 5) is 16.1. The molecule has 0 aliphatic rings. The maximum Gasteiger partial charge on any atom is 0.296 e. The van der Waals surface area contributed by atoms with Crippen molar-refractivity contribution in [3.05, 3.63) is 28.7 Å². The van der Waals surface area contributed by atoms with Gasteiger partial charge in [-0.3, -0.25) is 10.1 Å². The molecule has 3 rings (SSSR count). The molecule has 7 nitrogen and oxygen atoms in total. The van der Waals surface area contributed by atoms with E-state index < -0.39 is 5.91 Å². The number of ether oxygens (including phenoxy) is 1. The van der Waals surface area contributed by atoms with Gasteiger partial charge in [-0.1, -0.05) is 0 Å². The zero-order chi connectivity index (χ0) is 13.9. The van der Waals surface area contributed by atoms with Gasteiger partial charge in [-0.2, -0.15) is 20.7 Å². The maximum atomic E-state index is 11.9. The van der Waals surface area contributed by atoms with Crippen molar-refractivity contribution >= 4 is 33.9 Å². The number of nitrogens with zero attached hydrogens (tertiary/aromatic N) is 3. The van der Waals surface area contributed by atoms with Crippen LogP contribution < -0.4 is 10.1 Å². The molecular formula is C11H8N4O3S2. The number of hydrogen-bond donors (Lipinski definition) is 1. The monoisotopic (exact) mass is 308 g/mol. The third-order valence-electron chi connectivity index (χ3n) is 2.35. The molecule has 20 heavy (non-hydrogen) atoms. The lowest BCUT2D eigenvalue weighted by Gasteiger charge is -1.94. The third kappa shape index (κ3) is 2.53. The zero-order valence-corrected chi connectivity index (χ0v) is 11.8. The second-order valence-corrected chi connectivity index (χ2v) is 5.15. The number of nitrogens with one attached hydrogen (secondary N) is 1. The Balaban J connectivity index is 1.73. The third-order valence-corrected chi connectivity index (χ3v) is 3.66. The van der Waals surface area contributed by atoms with Crippen LogP contribution in [0.15, 0.2) is 27.4 Å². The highest BCUT2D eigenvalue weighted by Gasteiger charge is 2.16. The second-order valence-electron chi connectivity index (χ2n) is 3.62. The molecule has 3 heterocycles. The molecule has 102 valence electrons. The molecule has 3 aromatic heterocycles. The number of carbonyl (C=O) groups is 1. The highest BCUT2D eigenvalue weighted by Crippen LogP contribution is 2.23. The van der Waals surface area contributed by atoms with Gasteiger partial charge in [0, 0.05) is 22.5 Å². The number of methoxy groups -OCH3 is 1. The fraction of sp³-hybridized carbons (Fsp3) is 0.0909. The van der Waals surface area contributed by atoms with Crippen molar-refractivity contribution in [1.29, 1.82) is 0 Å². The van der Waals surface area contributed by atoms with E-state index in [0.717, 1.165) is 17.1 Å². The van der Waals surface area contributed by atoms with Crippen LogP contribution in [0.1, 0.15) is 10.6 Å². The maximum absolute atomic E-state index is 11.9. The van der Waals surface area contributed by atoms with Crippen molar-refractivity contribution in [2.24, 2.45) is 0 Å². The minimum Gasteiger partial charge on any atom is -0.479 e. The summed E-state index contributed by atoms with van der Waals surface area (Å²) in [6.07, 6.45) is 0. The Labute approximate surface area is 121 Å². The molecule has 1 N–H and O–H groups in total. The number of rotatable bonds is 4. The van der Waals surface area contributed by atoms with Gasteiger partial charge in [-0.25, -0.2) is 0 Å². The summed E-state index contributed by atoms with van der Waals surface area (Å²) in [5.74, 6) is 0.427. The first-order valence-electron chi connectivity index (χ1n) is 5.44. The number of amides is 1. The van der Waals surface area contributed by atoms with Gasteiger partial charge in [-0.15, -0.1) is 0 Å². The van der Waals surface area contributed by atoms with E-state index in [-0.39, 0.29) is 11.6 Å². The zero-order valence-electron chi connectivity index (χ0n) is 10.2. The summed E-state index contributed by atoms with van der Waals surface area (Å²) in [6, 6.07) is 3.32. The molecule has 1 amide bonds. The van der Waals surface area contributed by atoms with E-state index in [0.29, 0.717) is 11.0 Å². The Morgan fingerprint density at radius 1 is 1.50 bits per heavy atom. The summed E-state index contributed by atoms with van der Waals surface area (Å²) >= 11 is 2.66. The smallest absolute Gasteiger partial charge is 0.296 e. The van der Waals surface area contributed by atoms with Crippen molar-refractivity contribution in [3.63, 3.8) is 0 Å². The van der Waals surface area contributed by atoms with Crippen molar-refractivity contribution in [1.82, 2.24) is 14.5 Å². The van der Waals surface area contributed by atoms with Gasteiger partial charge < -0.3 is 9.26 Å². The quantitative estimate of drug-likeness (QED) is 0.796. The number of hydrogen-bond acceptors (Lipinski definition) is 8. The molecule has 9 heteroatoms. The average Bonchev–Trinajstić information content (AvgIpc) is 3.19. The van der Waals surface area contributed by atoms with Crippen LogP contribution in [0.25, 0.3) is 11.4 Å². The fourth-order valence-corrected chi connectivity index (χ4v) is 2.62. The summed E-state index contributed by atoms with van der Waals surface area (Å²) in [7, 11) is 1.44. The molecule has 0 aliphatic carbocycles. The van der Waals surface area contributed by atoms with Crippen LogP contribution in [0.3, 0.4) is 0 Å². The van der Waals surface area contributed by atoms with E-state index in [2.05, 4.69) is 19.8 Å². The molecule has 0 radical (unpaired) electrons. The average molecular weight is 308 g/mol. The molecule has 0 atom stereocenters. The lowest BCUT2D eigenvalue weighted by Crippen LogP contribution is -2.10. The molecule has 0 spiro atoms. The second kappa shape index (κ2) is 5.39. The van der Waals surface area contributed by atoms with Gasteiger partial charge in [0.25, 0.3) is 11.8 Å². The molecule has 0 saturated heterocycles. The van der Waals surface area contributed by atoms with Gasteiger partial charge in [0.15, 0.2) is 5.82 Å². The number of aromatic nitrogens is 3. The van der Waals surface area contributed by atoms with E-state index in [1.807, 2.05) is 16.8 Å². The lowest BCUT2D eigenvalue weighted by atomic mass is 10.3. The standard InChI is InChI=1S/C11H8N4O3S2/c1-17-8-4-7(18-14-8)10(16)13-11-12-9(15-20-11)6-2-3-19-5-6/h2-5H,1H3,(H,12,13,15,16). The van der Waals surface area contributed by atoms with E-state index in [4.69, 9.17) is 9.26 Å². The first kappa shape index (κ1) is 12.8. The Hall–Kier alpha value is -2.26. The molecular weight excluding hydrogens is 300 g/mol. The topological polar surface area (TPSA) is 90.1 Å². The van der Waals surface area contributed by atoms with E-state index in [1.165, 1.54) is 13.2 Å². The van der Waals surface area contributed by atoms with E-state index >= 15 is 0 Å². The van der Waals surface area contributed by atoms with Crippen molar-refractivity contribution in [2.75, 3.05) is 12.4 Å². The summed E-state index contributed by atoms with van der Waals surface area (Å²) < 4.78 is 13.9. The van der Waals surface area contributed by atoms with Crippen molar-refractivity contribution in [2.45, 2.75) is 0 Å². The van der Waals surface area contributed by atoms with Crippen LogP contribution >= 0.6 is 22.9 Å². The number of carbonyl (C=O) groups excluding carboxylic acids is 1. The van der Waals surface area contributed by atoms with Gasteiger partial charge in [0.2, 0.25) is 10.9 Å². The number of thiophene rings is 1. The highest BCUT2D eigenvalue weighted by atomic mass is 32.1. The van der Waals surface area contributed by atoms with Gasteiger partial charge in [-0.05, 0) is 16.6 Å². The summed E-state index contributed by atoms with van der Waals surface area (Å²) in [6.45, 7) is 0. The van der Waals surface area contributed by atoms with E-state index in [9.17, 15) is 4.79 Å². The molecule has 0 aliphatic heterocycles. The largest absolute Gasteiger partial charge is 0.479 e. The first-order valence-corrected chi connectivity index (χ1v) is 7.16. The Kier molecular flexibility index (Phi) is 3.44. The Morgan fingerprint density at radius 2 is 2.40 bits per heavy atom. The molecule has 0 saturated carbocycles. The summed E-state index contributed by atoms with van der Waals surface area (Å²) in [5, 5.41) is 10.4. The predicted octanol–water partition coefficient (Wildman–Crippen LogP) is 2.52. The minimum absolute atomic E-state index is 0.0501. The molecule has 3 aromatic rings. The Morgan fingerprint density at radius 3 is 3.10 bits per heavy atom. The lowest BCUT2D eigenvalue weighted by molar-refractivity contribution is 0.0987. The fourth-order valence-electron chi connectivity index (χ4n) is 1.40. The first-order chi connectivity index (χ1) is 9.76. The minimum atomic E-state index is -0.450. The molecule has 0 aromatic carbocycles. The van der Waals surface area contributed by atoms with Crippen LogP contribution in [0, 0.1) is 0 Å².